The zero-order valence-electron chi connectivity index (χ0n) is 9.47. The van der Waals surface area contributed by atoms with Crippen molar-refractivity contribution >= 4 is 0 Å². The summed E-state index contributed by atoms with van der Waals surface area (Å²) in [6.45, 7) is 4.55. The highest BCUT2D eigenvalue weighted by Gasteiger charge is 2.00. The number of ether oxygens (including phenoxy) is 1. The van der Waals surface area contributed by atoms with Gasteiger partial charge in [0.2, 0.25) is 5.88 Å². The Morgan fingerprint density at radius 3 is 2.69 bits per heavy atom. The van der Waals surface area contributed by atoms with Gasteiger partial charge in [0.25, 0.3) is 0 Å². The van der Waals surface area contributed by atoms with Gasteiger partial charge in [-0.05, 0) is 32.0 Å². The lowest BCUT2D eigenvalue weighted by molar-refractivity contribution is 0.327. The molecule has 0 bridgehead atoms. The summed E-state index contributed by atoms with van der Waals surface area (Å²) in [5, 5.41) is 0. The van der Waals surface area contributed by atoms with Gasteiger partial charge in [0.05, 0.1) is 12.3 Å². The van der Waals surface area contributed by atoms with Crippen LogP contribution in [0.5, 0.6) is 5.88 Å². The van der Waals surface area contributed by atoms with E-state index in [1.165, 1.54) is 0 Å². The molecule has 2 aromatic heterocycles. The van der Waals surface area contributed by atoms with Crippen molar-refractivity contribution in [3.05, 3.63) is 42.2 Å². The molecule has 0 aliphatic carbocycles. The van der Waals surface area contributed by atoms with E-state index in [-0.39, 0.29) is 0 Å². The average molecular weight is 214 g/mol. The van der Waals surface area contributed by atoms with E-state index < -0.39 is 0 Å². The Morgan fingerprint density at radius 2 is 2.06 bits per heavy atom. The first-order valence-electron chi connectivity index (χ1n) is 5.32. The molecule has 0 aliphatic heterocycles. The number of pyridine rings is 2. The fraction of sp³-hybridized carbons (Fsp3) is 0.231. The summed E-state index contributed by atoms with van der Waals surface area (Å²) in [5.41, 5.74) is 2.95. The zero-order valence-corrected chi connectivity index (χ0v) is 9.47. The van der Waals surface area contributed by atoms with E-state index in [1.807, 2.05) is 44.2 Å². The average Bonchev–Trinajstić information content (AvgIpc) is 2.30. The van der Waals surface area contributed by atoms with Gasteiger partial charge in [0.15, 0.2) is 0 Å². The minimum atomic E-state index is 0.634. The van der Waals surface area contributed by atoms with Crippen LogP contribution in [0.2, 0.25) is 0 Å². The van der Waals surface area contributed by atoms with Crippen LogP contribution in [0.3, 0.4) is 0 Å². The Balaban J connectivity index is 2.27. The molecule has 0 N–H and O–H groups in total. The van der Waals surface area contributed by atoms with Gasteiger partial charge >= 0.3 is 0 Å². The molecule has 3 nitrogen and oxygen atoms in total. The second-order valence-corrected chi connectivity index (χ2v) is 3.48. The van der Waals surface area contributed by atoms with E-state index in [1.54, 1.807) is 6.20 Å². The van der Waals surface area contributed by atoms with Gasteiger partial charge in [0, 0.05) is 23.5 Å². The largest absolute Gasteiger partial charge is 0.478 e. The highest BCUT2D eigenvalue weighted by molar-refractivity contribution is 5.58. The van der Waals surface area contributed by atoms with E-state index >= 15 is 0 Å². The zero-order chi connectivity index (χ0) is 11.4. The topological polar surface area (TPSA) is 35.0 Å². The molecular formula is C13H14N2O. The number of nitrogens with zero attached hydrogens (tertiary/aromatic N) is 2. The Bertz CT molecular complexity index is 466. The third-order valence-corrected chi connectivity index (χ3v) is 2.21. The van der Waals surface area contributed by atoms with E-state index in [4.69, 9.17) is 4.74 Å². The van der Waals surface area contributed by atoms with Crippen LogP contribution in [0, 0.1) is 6.92 Å². The van der Waals surface area contributed by atoms with Gasteiger partial charge in [-0.25, -0.2) is 4.98 Å². The first-order chi connectivity index (χ1) is 7.79. The Morgan fingerprint density at radius 1 is 1.19 bits per heavy atom. The molecule has 2 rings (SSSR count). The fourth-order valence-electron chi connectivity index (χ4n) is 1.47. The minimum absolute atomic E-state index is 0.634. The number of aryl methyl sites for hydroxylation is 1. The summed E-state index contributed by atoms with van der Waals surface area (Å²) in [6, 6.07) is 9.78. The highest BCUT2D eigenvalue weighted by atomic mass is 16.5. The Labute approximate surface area is 95.1 Å². The van der Waals surface area contributed by atoms with Crippen molar-refractivity contribution in [1.29, 1.82) is 0 Å². The molecule has 0 aliphatic rings. The molecule has 0 unspecified atom stereocenters. The van der Waals surface area contributed by atoms with Crippen molar-refractivity contribution < 1.29 is 4.74 Å². The van der Waals surface area contributed by atoms with Crippen LogP contribution in [-0.2, 0) is 0 Å². The molecule has 0 saturated carbocycles. The molecule has 0 radical (unpaired) electrons. The third kappa shape index (κ3) is 2.37. The van der Waals surface area contributed by atoms with E-state index in [2.05, 4.69) is 9.97 Å². The molecule has 82 valence electrons. The van der Waals surface area contributed by atoms with E-state index in [0.29, 0.717) is 12.5 Å². The smallest absolute Gasteiger partial charge is 0.213 e. The standard InChI is InChI=1S/C13H14N2O/c1-3-16-13-8-7-11(9-14-13)12-6-4-5-10(2)15-12/h4-9H,3H2,1-2H3. The van der Waals surface area contributed by atoms with Gasteiger partial charge in [-0.1, -0.05) is 6.07 Å². The van der Waals surface area contributed by atoms with Crippen LogP contribution in [0.1, 0.15) is 12.6 Å². The van der Waals surface area contributed by atoms with Gasteiger partial charge in [-0.15, -0.1) is 0 Å². The molecule has 0 atom stereocenters. The maximum atomic E-state index is 5.29. The molecule has 0 fully saturated rings. The van der Waals surface area contributed by atoms with Crippen molar-refractivity contribution in [2.75, 3.05) is 6.61 Å². The van der Waals surface area contributed by atoms with Crippen LogP contribution < -0.4 is 4.74 Å². The van der Waals surface area contributed by atoms with Crippen molar-refractivity contribution in [2.24, 2.45) is 0 Å². The fourth-order valence-corrected chi connectivity index (χ4v) is 1.47. The molecule has 0 aromatic carbocycles. The number of hydrogen-bond acceptors (Lipinski definition) is 3. The van der Waals surface area contributed by atoms with Gasteiger partial charge < -0.3 is 4.74 Å². The summed E-state index contributed by atoms with van der Waals surface area (Å²) in [5.74, 6) is 0.652. The SMILES string of the molecule is CCOc1ccc(-c2cccc(C)n2)cn1. The van der Waals surface area contributed by atoms with Crippen molar-refractivity contribution in [1.82, 2.24) is 9.97 Å². The summed E-state index contributed by atoms with van der Waals surface area (Å²) in [6.07, 6.45) is 1.78. The number of aromatic nitrogens is 2. The predicted molar refractivity (Wildman–Crippen MR) is 63.4 cm³/mol. The summed E-state index contributed by atoms with van der Waals surface area (Å²) >= 11 is 0. The maximum Gasteiger partial charge on any atom is 0.213 e. The van der Waals surface area contributed by atoms with Gasteiger partial charge in [0.1, 0.15) is 0 Å². The van der Waals surface area contributed by atoms with Crippen molar-refractivity contribution in [3.63, 3.8) is 0 Å². The van der Waals surface area contributed by atoms with E-state index in [0.717, 1.165) is 17.0 Å². The quantitative estimate of drug-likeness (QED) is 0.788. The van der Waals surface area contributed by atoms with Crippen LogP contribution in [0.25, 0.3) is 11.3 Å². The van der Waals surface area contributed by atoms with Gasteiger partial charge in [-0.2, -0.15) is 0 Å². The van der Waals surface area contributed by atoms with Crippen LogP contribution >= 0.6 is 0 Å². The molecule has 0 amide bonds. The molecule has 3 heteroatoms. The first-order valence-corrected chi connectivity index (χ1v) is 5.32. The Hall–Kier alpha value is -1.90. The second-order valence-electron chi connectivity index (χ2n) is 3.48. The van der Waals surface area contributed by atoms with Gasteiger partial charge in [-0.3, -0.25) is 4.98 Å². The lowest BCUT2D eigenvalue weighted by atomic mass is 10.2. The van der Waals surface area contributed by atoms with Crippen LogP contribution in [0.4, 0.5) is 0 Å². The summed E-state index contributed by atoms with van der Waals surface area (Å²) < 4.78 is 5.29. The molecule has 0 spiro atoms. The Kier molecular flexibility index (Phi) is 3.15. The molecule has 16 heavy (non-hydrogen) atoms. The normalized spacial score (nSPS) is 10.1. The lowest BCUT2D eigenvalue weighted by Gasteiger charge is -2.04. The highest BCUT2D eigenvalue weighted by Crippen LogP contribution is 2.18. The molecular weight excluding hydrogens is 200 g/mol. The molecule has 2 heterocycles. The van der Waals surface area contributed by atoms with Crippen LogP contribution in [0.15, 0.2) is 36.5 Å². The predicted octanol–water partition coefficient (Wildman–Crippen LogP) is 2.85. The summed E-state index contributed by atoms with van der Waals surface area (Å²) in [4.78, 5) is 8.65. The van der Waals surface area contributed by atoms with E-state index in [9.17, 15) is 0 Å². The minimum Gasteiger partial charge on any atom is -0.478 e. The monoisotopic (exact) mass is 214 g/mol. The van der Waals surface area contributed by atoms with Crippen LogP contribution in [-0.4, -0.2) is 16.6 Å². The molecule has 2 aromatic rings. The van der Waals surface area contributed by atoms with Crippen molar-refractivity contribution in [2.45, 2.75) is 13.8 Å². The first kappa shape index (κ1) is 10.6. The number of rotatable bonds is 3. The number of hydrogen-bond donors (Lipinski definition) is 0. The maximum absolute atomic E-state index is 5.29. The lowest BCUT2D eigenvalue weighted by Crippen LogP contribution is -1.94. The summed E-state index contributed by atoms with van der Waals surface area (Å²) in [7, 11) is 0. The third-order valence-electron chi connectivity index (χ3n) is 2.21. The second kappa shape index (κ2) is 4.75. The molecule has 0 saturated heterocycles. The van der Waals surface area contributed by atoms with Crippen molar-refractivity contribution in [3.8, 4) is 17.1 Å².